The molecule has 0 bridgehead atoms. The Kier molecular flexibility index (Phi) is 5.30. The number of fused-ring (bicyclic) bond motifs is 1. The predicted octanol–water partition coefficient (Wildman–Crippen LogP) is 2.19. The van der Waals surface area contributed by atoms with Crippen LogP contribution in [0.25, 0.3) is 0 Å². The summed E-state index contributed by atoms with van der Waals surface area (Å²) in [5.41, 5.74) is 2.82. The SMILES string of the molecule is Cc1ccc(CC(=O)N2CC(C(=O)N3CCOCC3)Oc3ccccc32)cc1. The number of hydrogen-bond donors (Lipinski definition) is 0. The Morgan fingerprint density at radius 3 is 2.50 bits per heavy atom. The highest BCUT2D eigenvalue weighted by Gasteiger charge is 2.36. The Balaban J connectivity index is 1.55. The molecule has 0 spiro atoms. The lowest BCUT2D eigenvalue weighted by Gasteiger charge is -2.37. The Morgan fingerprint density at radius 2 is 1.75 bits per heavy atom. The van der Waals surface area contributed by atoms with Crippen LogP contribution in [0.15, 0.2) is 48.5 Å². The first-order valence-electron chi connectivity index (χ1n) is 9.60. The zero-order chi connectivity index (χ0) is 19.5. The van der Waals surface area contributed by atoms with E-state index in [1.807, 2.05) is 49.4 Å². The minimum atomic E-state index is -0.699. The quantitative estimate of drug-likeness (QED) is 0.819. The molecule has 28 heavy (non-hydrogen) atoms. The van der Waals surface area contributed by atoms with Gasteiger partial charge in [0.15, 0.2) is 6.10 Å². The number of amides is 2. The molecule has 2 aliphatic heterocycles. The standard InChI is InChI=1S/C22H24N2O4/c1-16-6-8-17(9-7-16)14-21(25)24-15-20(22(26)23-10-12-27-13-11-23)28-19-5-3-2-4-18(19)24/h2-9,20H,10-15H2,1H3. The summed E-state index contributed by atoms with van der Waals surface area (Å²) >= 11 is 0. The van der Waals surface area contributed by atoms with Crippen molar-refractivity contribution in [2.75, 3.05) is 37.7 Å². The van der Waals surface area contributed by atoms with Gasteiger partial charge in [0, 0.05) is 13.1 Å². The van der Waals surface area contributed by atoms with Crippen molar-refractivity contribution in [1.82, 2.24) is 4.90 Å². The van der Waals surface area contributed by atoms with Gasteiger partial charge in [-0.1, -0.05) is 42.0 Å². The molecule has 0 aliphatic carbocycles. The van der Waals surface area contributed by atoms with Gasteiger partial charge in [-0.05, 0) is 24.6 Å². The number of aryl methyl sites for hydroxylation is 1. The second-order valence-corrected chi connectivity index (χ2v) is 7.18. The first-order chi connectivity index (χ1) is 13.6. The summed E-state index contributed by atoms with van der Waals surface area (Å²) in [6.45, 7) is 4.41. The van der Waals surface area contributed by atoms with Gasteiger partial charge in [0.1, 0.15) is 5.75 Å². The van der Waals surface area contributed by atoms with Gasteiger partial charge in [0.05, 0.1) is 31.9 Å². The van der Waals surface area contributed by atoms with Crippen LogP contribution in [0.5, 0.6) is 5.75 Å². The number of carbonyl (C=O) groups is 2. The van der Waals surface area contributed by atoms with Crippen LogP contribution in [-0.4, -0.2) is 55.7 Å². The van der Waals surface area contributed by atoms with Crippen molar-refractivity contribution in [3.8, 4) is 5.75 Å². The lowest BCUT2D eigenvalue weighted by molar-refractivity contribution is -0.142. The molecule has 2 aliphatic rings. The topological polar surface area (TPSA) is 59.1 Å². The van der Waals surface area contributed by atoms with Crippen molar-refractivity contribution in [1.29, 1.82) is 0 Å². The van der Waals surface area contributed by atoms with E-state index in [0.717, 1.165) is 11.1 Å². The minimum Gasteiger partial charge on any atom is -0.476 e. The van der Waals surface area contributed by atoms with Crippen LogP contribution in [-0.2, 0) is 20.7 Å². The highest BCUT2D eigenvalue weighted by molar-refractivity contribution is 5.98. The second-order valence-electron chi connectivity index (χ2n) is 7.18. The molecule has 2 aromatic carbocycles. The molecule has 1 atom stereocenters. The van der Waals surface area contributed by atoms with Gasteiger partial charge in [-0.3, -0.25) is 9.59 Å². The van der Waals surface area contributed by atoms with E-state index < -0.39 is 6.10 Å². The summed E-state index contributed by atoms with van der Waals surface area (Å²) in [7, 11) is 0. The Bertz CT molecular complexity index is 859. The lowest BCUT2D eigenvalue weighted by Crippen LogP contribution is -2.54. The summed E-state index contributed by atoms with van der Waals surface area (Å²) in [5.74, 6) is 0.433. The molecule has 2 amide bonds. The maximum atomic E-state index is 13.1. The number of anilines is 1. The molecule has 2 heterocycles. The molecule has 146 valence electrons. The number of morpholine rings is 1. The fourth-order valence-electron chi connectivity index (χ4n) is 3.56. The van der Waals surface area contributed by atoms with Crippen LogP contribution in [0.3, 0.4) is 0 Å². The average Bonchev–Trinajstić information content (AvgIpc) is 2.74. The van der Waals surface area contributed by atoms with E-state index in [1.165, 1.54) is 0 Å². The molecule has 6 nitrogen and oxygen atoms in total. The molecule has 2 aromatic rings. The number of ether oxygens (including phenoxy) is 2. The summed E-state index contributed by atoms with van der Waals surface area (Å²) in [4.78, 5) is 29.5. The molecule has 0 aromatic heterocycles. The first kappa shape index (κ1) is 18.5. The van der Waals surface area contributed by atoms with Crippen LogP contribution >= 0.6 is 0 Å². The van der Waals surface area contributed by atoms with E-state index in [9.17, 15) is 9.59 Å². The fraction of sp³-hybridized carbons (Fsp3) is 0.364. The Labute approximate surface area is 164 Å². The van der Waals surface area contributed by atoms with Gasteiger partial charge in [0.2, 0.25) is 5.91 Å². The van der Waals surface area contributed by atoms with Gasteiger partial charge in [-0.25, -0.2) is 0 Å². The fourth-order valence-corrected chi connectivity index (χ4v) is 3.56. The second kappa shape index (κ2) is 8.02. The van der Waals surface area contributed by atoms with Crippen molar-refractivity contribution in [2.45, 2.75) is 19.4 Å². The number of carbonyl (C=O) groups excluding carboxylic acids is 2. The monoisotopic (exact) mass is 380 g/mol. The summed E-state index contributed by atoms with van der Waals surface area (Å²) in [6, 6.07) is 15.3. The Morgan fingerprint density at radius 1 is 1.04 bits per heavy atom. The lowest BCUT2D eigenvalue weighted by atomic mass is 10.1. The minimum absolute atomic E-state index is 0.0422. The van der Waals surface area contributed by atoms with Crippen LogP contribution in [0, 0.1) is 6.92 Å². The van der Waals surface area contributed by atoms with Crippen molar-refractivity contribution in [3.63, 3.8) is 0 Å². The molecule has 1 fully saturated rings. The number of para-hydroxylation sites is 2. The molecule has 6 heteroatoms. The predicted molar refractivity (Wildman–Crippen MR) is 105 cm³/mol. The van der Waals surface area contributed by atoms with Crippen molar-refractivity contribution in [3.05, 3.63) is 59.7 Å². The zero-order valence-electron chi connectivity index (χ0n) is 16.0. The molecule has 0 N–H and O–H groups in total. The summed E-state index contributed by atoms with van der Waals surface area (Å²) < 4.78 is 11.3. The smallest absolute Gasteiger partial charge is 0.265 e. The molecule has 0 saturated carbocycles. The van der Waals surface area contributed by atoms with E-state index in [4.69, 9.17) is 9.47 Å². The summed E-state index contributed by atoms with van der Waals surface area (Å²) in [5, 5.41) is 0. The third-order valence-electron chi connectivity index (χ3n) is 5.15. The van der Waals surface area contributed by atoms with Crippen LogP contribution in [0.4, 0.5) is 5.69 Å². The third kappa shape index (κ3) is 3.87. The molecule has 4 rings (SSSR count). The van der Waals surface area contributed by atoms with Crippen molar-refractivity contribution < 1.29 is 19.1 Å². The Hall–Kier alpha value is -2.86. The van der Waals surface area contributed by atoms with Crippen LogP contribution in [0.1, 0.15) is 11.1 Å². The van der Waals surface area contributed by atoms with Crippen LogP contribution < -0.4 is 9.64 Å². The normalized spacial score (nSPS) is 19.0. The molecule has 0 radical (unpaired) electrons. The van der Waals surface area contributed by atoms with Crippen molar-refractivity contribution >= 4 is 17.5 Å². The molecular weight excluding hydrogens is 356 g/mol. The van der Waals surface area contributed by atoms with E-state index in [2.05, 4.69) is 0 Å². The van der Waals surface area contributed by atoms with Crippen molar-refractivity contribution in [2.24, 2.45) is 0 Å². The first-order valence-corrected chi connectivity index (χ1v) is 9.60. The molecule has 1 unspecified atom stereocenters. The van der Waals surface area contributed by atoms with Gasteiger partial charge in [-0.15, -0.1) is 0 Å². The number of nitrogens with zero attached hydrogens (tertiary/aromatic N) is 2. The molecular formula is C22H24N2O4. The van der Waals surface area contributed by atoms with Gasteiger partial charge in [0.25, 0.3) is 5.91 Å². The van der Waals surface area contributed by atoms with E-state index >= 15 is 0 Å². The average molecular weight is 380 g/mol. The maximum absolute atomic E-state index is 13.1. The number of rotatable bonds is 3. The van der Waals surface area contributed by atoms with E-state index in [0.29, 0.717) is 37.7 Å². The van der Waals surface area contributed by atoms with E-state index in [-0.39, 0.29) is 24.8 Å². The zero-order valence-corrected chi connectivity index (χ0v) is 16.0. The van der Waals surface area contributed by atoms with Gasteiger partial charge < -0.3 is 19.3 Å². The van der Waals surface area contributed by atoms with Gasteiger partial charge in [-0.2, -0.15) is 0 Å². The number of hydrogen-bond acceptors (Lipinski definition) is 4. The highest BCUT2D eigenvalue weighted by atomic mass is 16.5. The largest absolute Gasteiger partial charge is 0.476 e. The van der Waals surface area contributed by atoms with Crippen LogP contribution in [0.2, 0.25) is 0 Å². The maximum Gasteiger partial charge on any atom is 0.265 e. The summed E-state index contributed by atoms with van der Waals surface area (Å²) in [6.07, 6.45) is -0.414. The highest BCUT2D eigenvalue weighted by Crippen LogP contribution is 2.34. The van der Waals surface area contributed by atoms with Gasteiger partial charge >= 0.3 is 0 Å². The van der Waals surface area contributed by atoms with E-state index in [1.54, 1.807) is 15.9 Å². The molecule has 1 saturated heterocycles. The third-order valence-corrected chi connectivity index (χ3v) is 5.15. The number of benzene rings is 2.